The number of carbonyl (C=O) groups is 1. The molecule has 1 saturated heterocycles. The standard InChI is InChI=1S/C20H27N3O3S/c1-21-20(24)19-12-11-17(22(19)2)18-10-6-7-13-23(18)14-15-27(25,26)16-8-4-3-5-9-16/h3-5,8-9,11-12,18H,6-7,10,13-15H2,1-2H3,(H,21,24)/t18-/m0/s1. The Kier molecular flexibility index (Phi) is 6.01. The molecule has 2 aromatic rings. The lowest BCUT2D eigenvalue weighted by Gasteiger charge is -2.36. The minimum absolute atomic E-state index is 0.0975. The Bertz CT molecular complexity index is 890. The van der Waals surface area contributed by atoms with Crippen molar-refractivity contribution in [2.45, 2.75) is 30.2 Å². The molecule has 1 aromatic carbocycles. The average Bonchev–Trinajstić information content (AvgIpc) is 3.08. The molecule has 1 aromatic heterocycles. The summed E-state index contributed by atoms with van der Waals surface area (Å²) in [6.45, 7) is 1.36. The van der Waals surface area contributed by atoms with Crippen molar-refractivity contribution >= 4 is 15.7 Å². The van der Waals surface area contributed by atoms with Gasteiger partial charge < -0.3 is 9.88 Å². The van der Waals surface area contributed by atoms with Gasteiger partial charge in [-0.05, 0) is 43.7 Å². The molecule has 0 aliphatic carbocycles. The van der Waals surface area contributed by atoms with Crippen LogP contribution in [0.5, 0.6) is 0 Å². The first-order valence-corrected chi connectivity index (χ1v) is 11.0. The summed E-state index contributed by atoms with van der Waals surface area (Å²) in [4.78, 5) is 14.6. The molecule has 146 valence electrons. The Morgan fingerprint density at radius 1 is 1.15 bits per heavy atom. The van der Waals surface area contributed by atoms with E-state index in [2.05, 4.69) is 10.2 Å². The van der Waals surface area contributed by atoms with Gasteiger partial charge in [0, 0.05) is 26.3 Å². The van der Waals surface area contributed by atoms with Crippen molar-refractivity contribution in [3.63, 3.8) is 0 Å². The van der Waals surface area contributed by atoms with Crippen LogP contribution in [0, 0.1) is 0 Å². The molecule has 0 spiro atoms. The van der Waals surface area contributed by atoms with E-state index in [1.165, 1.54) is 0 Å². The lowest BCUT2D eigenvalue weighted by Crippen LogP contribution is -2.37. The lowest BCUT2D eigenvalue weighted by molar-refractivity contribution is 0.0953. The highest BCUT2D eigenvalue weighted by molar-refractivity contribution is 7.91. The summed E-state index contributed by atoms with van der Waals surface area (Å²) >= 11 is 0. The normalized spacial score (nSPS) is 18.4. The zero-order valence-corrected chi connectivity index (χ0v) is 16.7. The lowest BCUT2D eigenvalue weighted by atomic mass is 9.99. The molecule has 1 aliphatic heterocycles. The van der Waals surface area contributed by atoms with Gasteiger partial charge in [-0.1, -0.05) is 24.6 Å². The number of benzene rings is 1. The summed E-state index contributed by atoms with van der Waals surface area (Å²) in [5.41, 5.74) is 1.68. The maximum Gasteiger partial charge on any atom is 0.267 e. The van der Waals surface area contributed by atoms with Gasteiger partial charge in [-0.15, -0.1) is 0 Å². The van der Waals surface area contributed by atoms with E-state index in [1.807, 2.05) is 29.8 Å². The number of aromatic nitrogens is 1. The van der Waals surface area contributed by atoms with Gasteiger partial charge >= 0.3 is 0 Å². The summed E-state index contributed by atoms with van der Waals surface area (Å²) in [7, 11) is 0.217. The SMILES string of the molecule is CNC(=O)c1ccc([C@@H]2CCCCN2CCS(=O)(=O)c2ccccc2)n1C. The van der Waals surface area contributed by atoms with Gasteiger partial charge in [0.25, 0.3) is 5.91 Å². The molecule has 27 heavy (non-hydrogen) atoms. The van der Waals surface area contributed by atoms with Crippen LogP contribution in [0.4, 0.5) is 0 Å². The third-order valence-electron chi connectivity index (χ3n) is 5.32. The van der Waals surface area contributed by atoms with E-state index in [0.29, 0.717) is 17.1 Å². The van der Waals surface area contributed by atoms with Crippen LogP contribution in [-0.4, -0.2) is 49.7 Å². The molecule has 1 amide bonds. The van der Waals surface area contributed by atoms with E-state index in [0.717, 1.165) is 31.5 Å². The van der Waals surface area contributed by atoms with Gasteiger partial charge in [0.05, 0.1) is 16.7 Å². The second-order valence-electron chi connectivity index (χ2n) is 6.96. The Labute approximate surface area is 161 Å². The number of rotatable bonds is 6. The van der Waals surface area contributed by atoms with Crippen molar-refractivity contribution in [2.75, 3.05) is 25.9 Å². The van der Waals surface area contributed by atoms with Crippen LogP contribution in [0.25, 0.3) is 0 Å². The van der Waals surface area contributed by atoms with Gasteiger partial charge in [0.1, 0.15) is 5.69 Å². The molecule has 7 heteroatoms. The predicted molar refractivity (Wildman–Crippen MR) is 105 cm³/mol. The minimum Gasteiger partial charge on any atom is -0.354 e. The molecular formula is C20H27N3O3S. The molecule has 3 rings (SSSR count). The number of piperidine rings is 1. The highest BCUT2D eigenvalue weighted by Gasteiger charge is 2.28. The number of sulfone groups is 1. The molecule has 1 fully saturated rings. The molecule has 2 heterocycles. The van der Waals surface area contributed by atoms with Crippen molar-refractivity contribution in [2.24, 2.45) is 7.05 Å². The monoisotopic (exact) mass is 389 g/mol. The highest BCUT2D eigenvalue weighted by Crippen LogP contribution is 2.31. The van der Waals surface area contributed by atoms with Crippen molar-refractivity contribution < 1.29 is 13.2 Å². The van der Waals surface area contributed by atoms with Crippen LogP contribution >= 0.6 is 0 Å². The Morgan fingerprint density at radius 2 is 1.89 bits per heavy atom. The number of nitrogens with zero attached hydrogens (tertiary/aromatic N) is 2. The smallest absolute Gasteiger partial charge is 0.267 e. The van der Waals surface area contributed by atoms with Crippen LogP contribution in [0.1, 0.15) is 41.5 Å². The first-order chi connectivity index (χ1) is 12.9. The molecule has 1 aliphatic rings. The maximum absolute atomic E-state index is 12.6. The number of hydrogen-bond acceptors (Lipinski definition) is 4. The number of amides is 1. The molecule has 0 radical (unpaired) electrons. The summed E-state index contributed by atoms with van der Waals surface area (Å²) in [6.07, 6.45) is 3.14. The van der Waals surface area contributed by atoms with Gasteiger partial charge in [-0.3, -0.25) is 9.69 Å². The molecule has 0 unspecified atom stereocenters. The van der Waals surface area contributed by atoms with Crippen LogP contribution in [0.3, 0.4) is 0 Å². The predicted octanol–water partition coefficient (Wildman–Crippen LogP) is 2.39. The summed E-state index contributed by atoms with van der Waals surface area (Å²) in [5, 5.41) is 2.66. The van der Waals surface area contributed by atoms with Gasteiger partial charge in [0.2, 0.25) is 0 Å². The van der Waals surface area contributed by atoms with Crippen LogP contribution in [-0.2, 0) is 16.9 Å². The van der Waals surface area contributed by atoms with Gasteiger partial charge in [-0.25, -0.2) is 8.42 Å². The zero-order valence-electron chi connectivity index (χ0n) is 15.9. The third kappa shape index (κ3) is 4.25. The zero-order chi connectivity index (χ0) is 19.4. The molecule has 0 saturated carbocycles. The van der Waals surface area contributed by atoms with E-state index in [1.54, 1.807) is 31.3 Å². The highest BCUT2D eigenvalue weighted by atomic mass is 32.2. The van der Waals surface area contributed by atoms with E-state index in [9.17, 15) is 13.2 Å². The van der Waals surface area contributed by atoms with E-state index in [-0.39, 0.29) is 17.7 Å². The van der Waals surface area contributed by atoms with Crippen molar-refractivity contribution in [3.8, 4) is 0 Å². The fraction of sp³-hybridized carbons (Fsp3) is 0.450. The number of hydrogen-bond donors (Lipinski definition) is 1. The fourth-order valence-corrected chi connectivity index (χ4v) is 5.08. The first kappa shape index (κ1) is 19.6. The largest absolute Gasteiger partial charge is 0.354 e. The Balaban J connectivity index is 1.77. The van der Waals surface area contributed by atoms with Gasteiger partial charge in [-0.2, -0.15) is 0 Å². The number of likely N-dealkylation sites (tertiary alicyclic amines) is 1. The summed E-state index contributed by atoms with van der Waals surface area (Å²) in [5.74, 6) is -0.0157. The molecule has 6 nitrogen and oxygen atoms in total. The summed E-state index contributed by atoms with van der Waals surface area (Å²) < 4.78 is 27.2. The van der Waals surface area contributed by atoms with Crippen molar-refractivity contribution in [3.05, 3.63) is 53.9 Å². The third-order valence-corrected chi connectivity index (χ3v) is 7.04. The van der Waals surface area contributed by atoms with Crippen molar-refractivity contribution in [1.82, 2.24) is 14.8 Å². The molecule has 0 bridgehead atoms. The number of carbonyl (C=O) groups excluding carboxylic acids is 1. The maximum atomic E-state index is 12.6. The quantitative estimate of drug-likeness (QED) is 0.823. The second-order valence-corrected chi connectivity index (χ2v) is 9.07. The summed E-state index contributed by atoms with van der Waals surface area (Å²) in [6, 6.07) is 12.6. The van der Waals surface area contributed by atoms with E-state index >= 15 is 0 Å². The Hall–Kier alpha value is -2.12. The van der Waals surface area contributed by atoms with E-state index in [4.69, 9.17) is 0 Å². The average molecular weight is 390 g/mol. The minimum atomic E-state index is -3.30. The van der Waals surface area contributed by atoms with Crippen LogP contribution in [0.2, 0.25) is 0 Å². The second kappa shape index (κ2) is 8.27. The van der Waals surface area contributed by atoms with Gasteiger partial charge in [0.15, 0.2) is 9.84 Å². The molecule has 1 atom stereocenters. The number of nitrogens with one attached hydrogen (secondary N) is 1. The van der Waals surface area contributed by atoms with Crippen molar-refractivity contribution in [1.29, 1.82) is 0 Å². The van der Waals surface area contributed by atoms with Crippen LogP contribution in [0.15, 0.2) is 47.4 Å². The first-order valence-electron chi connectivity index (χ1n) is 9.33. The van der Waals surface area contributed by atoms with E-state index < -0.39 is 9.84 Å². The Morgan fingerprint density at radius 3 is 2.59 bits per heavy atom. The molecule has 1 N–H and O–H groups in total. The molecular weight excluding hydrogens is 362 g/mol. The fourth-order valence-electron chi connectivity index (χ4n) is 3.79. The van der Waals surface area contributed by atoms with Crippen LogP contribution < -0.4 is 5.32 Å². The topological polar surface area (TPSA) is 71.4 Å².